The molecule has 2 amide bonds. The zero-order valence-electron chi connectivity index (χ0n) is 11.5. The molecule has 0 unspecified atom stereocenters. The highest BCUT2D eigenvalue weighted by molar-refractivity contribution is 8.00. The lowest BCUT2D eigenvalue weighted by atomic mass is 10.2. The number of rotatable bonds is 6. The summed E-state index contributed by atoms with van der Waals surface area (Å²) < 4.78 is 0. The van der Waals surface area contributed by atoms with Gasteiger partial charge in [-0.2, -0.15) is 0 Å². The van der Waals surface area contributed by atoms with Gasteiger partial charge in [-0.15, -0.1) is 11.8 Å². The van der Waals surface area contributed by atoms with E-state index in [0.29, 0.717) is 5.75 Å². The van der Waals surface area contributed by atoms with Gasteiger partial charge in [-0.05, 0) is 38.5 Å². The minimum absolute atomic E-state index is 0.0386. The summed E-state index contributed by atoms with van der Waals surface area (Å²) in [6.07, 6.45) is 0. The van der Waals surface area contributed by atoms with Crippen LogP contribution in [0.15, 0.2) is 24.3 Å². The van der Waals surface area contributed by atoms with Crippen LogP contribution in [0.4, 0.5) is 5.69 Å². The third kappa shape index (κ3) is 6.86. The quantitative estimate of drug-likeness (QED) is 0.840. The van der Waals surface area contributed by atoms with Crippen LogP contribution in [-0.2, 0) is 9.59 Å². The Morgan fingerprint density at radius 1 is 1.21 bits per heavy atom. The highest BCUT2D eigenvalue weighted by Crippen LogP contribution is 2.10. The summed E-state index contributed by atoms with van der Waals surface area (Å²) in [5.74, 6) is 0.454. The van der Waals surface area contributed by atoms with Gasteiger partial charge in [0.05, 0.1) is 11.5 Å². The van der Waals surface area contributed by atoms with Gasteiger partial charge in [0.2, 0.25) is 11.8 Å². The first-order chi connectivity index (χ1) is 8.97. The second-order valence-electron chi connectivity index (χ2n) is 4.63. The van der Waals surface area contributed by atoms with Gasteiger partial charge in [-0.3, -0.25) is 9.59 Å². The minimum atomic E-state index is -0.0899. The molecule has 19 heavy (non-hydrogen) atoms. The maximum Gasteiger partial charge on any atom is 0.234 e. The molecule has 1 aromatic rings. The molecule has 2 N–H and O–H groups in total. The van der Waals surface area contributed by atoms with Crippen molar-refractivity contribution in [3.63, 3.8) is 0 Å². The molecule has 0 heterocycles. The third-order valence-electron chi connectivity index (χ3n) is 2.22. The van der Waals surface area contributed by atoms with Crippen molar-refractivity contribution in [3.8, 4) is 0 Å². The zero-order valence-corrected chi connectivity index (χ0v) is 12.3. The fraction of sp³-hybridized carbons (Fsp3) is 0.429. The van der Waals surface area contributed by atoms with E-state index < -0.39 is 0 Å². The molecule has 0 spiro atoms. The molecule has 0 aliphatic carbocycles. The molecule has 0 fully saturated rings. The van der Waals surface area contributed by atoms with Gasteiger partial charge in [0.25, 0.3) is 0 Å². The lowest BCUT2D eigenvalue weighted by Gasteiger charge is -2.08. The van der Waals surface area contributed by atoms with E-state index in [9.17, 15) is 9.59 Å². The molecule has 1 rings (SSSR count). The van der Waals surface area contributed by atoms with E-state index in [-0.39, 0.29) is 23.6 Å². The van der Waals surface area contributed by atoms with Crippen LogP contribution in [0.25, 0.3) is 0 Å². The molecule has 0 atom stereocenters. The minimum Gasteiger partial charge on any atom is -0.353 e. The summed E-state index contributed by atoms with van der Waals surface area (Å²) in [6, 6.07) is 7.76. The van der Waals surface area contributed by atoms with Gasteiger partial charge >= 0.3 is 0 Å². The van der Waals surface area contributed by atoms with Crippen molar-refractivity contribution < 1.29 is 9.59 Å². The first-order valence-electron chi connectivity index (χ1n) is 6.21. The number of carbonyl (C=O) groups excluding carboxylic acids is 2. The van der Waals surface area contributed by atoms with Crippen LogP contribution in [0.2, 0.25) is 0 Å². The number of nitrogens with one attached hydrogen (secondary N) is 2. The SMILES string of the molecule is Cc1cccc(NC(=O)CSCC(=O)NC(C)C)c1. The van der Waals surface area contributed by atoms with Crippen LogP contribution < -0.4 is 10.6 Å². The average Bonchev–Trinajstić information content (AvgIpc) is 2.27. The Hall–Kier alpha value is -1.49. The lowest BCUT2D eigenvalue weighted by Crippen LogP contribution is -2.31. The number of hydrogen-bond acceptors (Lipinski definition) is 3. The number of aryl methyl sites for hydroxylation is 1. The summed E-state index contributed by atoms with van der Waals surface area (Å²) in [7, 11) is 0. The van der Waals surface area contributed by atoms with Crippen molar-refractivity contribution in [2.75, 3.05) is 16.8 Å². The third-order valence-corrected chi connectivity index (χ3v) is 3.15. The van der Waals surface area contributed by atoms with Gasteiger partial charge in [-0.25, -0.2) is 0 Å². The van der Waals surface area contributed by atoms with Gasteiger partial charge in [0, 0.05) is 11.7 Å². The largest absolute Gasteiger partial charge is 0.353 e. The second kappa shape index (κ2) is 7.84. The zero-order chi connectivity index (χ0) is 14.3. The number of anilines is 1. The molecule has 1 aromatic carbocycles. The van der Waals surface area contributed by atoms with E-state index in [1.54, 1.807) is 0 Å². The Labute approximate surface area is 118 Å². The number of hydrogen-bond donors (Lipinski definition) is 2. The topological polar surface area (TPSA) is 58.2 Å². The number of benzene rings is 1. The molecule has 5 heteroatoms. The van der Waals surface area contributed by atoms with Crippen LogP contribution >= 0.6 is 11.8 Å². The van der Waals surface area contributed by atoms with Gasteiger partial charge in [-0.1, -0.05) is 12.1 Å². The van der Waals surface area contributed by atoms with Crippen LogP contribution in [0.5, 0.6) is 0 Å². The Bertz CT molecular complexity index is 447. The van der Waals surface area contributed by atoms with Crippen molar-refractivity contribution >= 4 is 29.3 Å². The van der Waals surface area contributed by atoms with E-state index in [0.717, 1.165) is 11.3 Å². The monoisotopic (exact) mass is 280 g/mol. The van der Waals surface area contributed by atoms with Crippen molar-refractivity contribution in [2.24, 2.45) is 0 Å². The van der Waals surface area contributed by atoms with Crippen molar-refractivity contribution in [3.05, 3.63) is 29.8 Å². The molecule has 0 saturated carbocycles. The fourth-order valence-corrected chi connectivity index (χ4v) is 2.15. The Kier molecular flexibility index (Phi) is 6.42. The molecule has 0 aliphatic heterocycles. The Balaban J connectivity index is 2.27. The summed E-state index contributed by atoms with van der Waals surface area (Å²) >= 11 is 1.31. The van der Waals surface area contributed by atoms with E-state index in [1.165, 1.54) is 11.8 Å². The molecular weight excluding hydrogens is 260 g/mol. The smallest absolute Gasteiger partial charge is 0.234 e. The maximum absolute atomic E-state index is 11.7. The molecule has 0 radical (unpaired) electrons. The van der Waals surface area contributed by atoms with Crippen LogP contribution in [0.1, 0.15) is 19.4 Å². The molecule has 0 saturated heterocycles. The molecule has 0 aliphatic rings. The maximum atomic E-state index is 11.7. The van der Waals surface area contributed by atoms with Crippen LogP contribution in [0, 0.1) is 6.92 Å². The summed E-state index contributed by atoms with van der Waals surface area (Å²) in [4.78, 5) is 23.0. The van der Waals surface area contributed by atoms with Crippen LogP contribution in [0.3, 0.4) is 0 Å². The average molecular weight is 280 g/mol. The van der Waals surface area contributed by atoms with Crippen LogP contribution in [-0.4, -0.2) is 29.4 Å². The van der Waals surface area contributed by atoms with Gasteiger partial charge in [0.1, 0.15) is 0 Å². The van der Waals surface area contributed by atoms with Crippen molar-refractivity contribution in [2.45, 2.75) is 26.8 Å². The highest BCUT2D eigenvalue weighted by atomic mass is 32.2. The van der Waals surface area contributed by atoms with E-state index in [4.69, 9.17) is 0 Å². The molecule has 104 valence electrons. The summed E-state index contributed by atoms with van der Waals surface area (Å²) in [6.45, 7) is 5.79. The molecule has 0 aromatic heterocycles. The second-order valence-corrected chi connectivity index (χ2v) is 5.62. The lowest BCUT2D eigenvalue weighted by molar-refractivity contribution is -0.119. The first kappa shape index (κ1) is 15.6. The Morgan fingerprint density at radius 3 is 2.53 bits per heavy atom. The Morgan fingerprint density at radius 2 is 1.89 bits per heavy atom. The first-order valence-corrected chi connectivity index (χ1v) is 7.36. The van der Waals surface area contributed by atoms with E-state index in [1.807, 2.05) is 45.0 Å². The van der Waals surface area contributed by atoms with Gasteiger partial charge in [0.15, 0.2) is 0 Å². The summed E-state index contributed by atoms with van der Waals surface area (Å²) in [5.41, 5.74) is 1.89. The van der Waals surface area contributed by atoms with E-state index >= 15 is 0 Å². The predicted molar refractivity (Wildman–Crippen MR) is 80.4 cm³/mol. The van der Waals surface area contributed by atoms with E-state index in [2.05, 4.69) is 10.6 Å². The van der Waals surface area contributed by atoms with Gasteiger partial charge < -0.3 is 10.6 Å². The molecular formula is C14H20N2O2S. The van der Waals surface area contributed by atoms with Crippen molar-refractivity contribution in [1.82, 2.24) is 5.32 Å². The highest BCUT2D eigenvalue weighted by Gasteiger charge is 2.06. The molecule has 0 bridgehead atoms. The van der Waals surface area contributed by atoms with Crippen molar-refractivity contribution in [1.29, 1.82) is 0 Å². The standard InChI is InChI=1S/C14H20N2O2S/c1-10(2)15-13(17)8-19-9-14(18)16-12-6-4-5-11(3)7-12/h4-7,10H,8-9H2,1-3H3,(H,15,17)(H,16,18). The normalized spacial score (nSPS) is 10.3. The fourth-order valence-electron chi connectivity index (χ4n) is 1.52. The molecule has 4 nitrogen and oxygen atoms in total. The number of carbonyl (C=O) groups is 2. The predicted octanol–water partition coefficient (Wildman–Crippen LogP) is 2.19. The number of thioether (sulfide) groups is 1. The number of amides is 2. The summed E-state index contributed by atoms with van der Waals surface area (Å²) in [5, 5.41) is 5.59.